The van der Waals surface area contributed by atoms with Crippen LogP contribution in [-0.2, 0) is 0 Å². The molecule has 0 aliphatic rings. The molecule has 0 atom stereocenters. The molecule has 0 amide bonds. The SMILES string of the molecule is [2H]c1cccc(C(=C)C)c1. The quantitative estimate of drug-likeness (QED) is 0.533. The molecule has 1 rings (SSSR count). The van der Waals surface area contributed by atoms with Crippen LogP contribution < -0.4 is 0 Å². The van der Waals surface area contributed by atoms with Gasteiger partial charge >= 0.3 is 0 Å². The number of benzene rings is 1. The van der Waals surface area contributed by atoms with Crippen molar-refractivity contribution in [3.8, 4) is 0 Å². The fourth-order valence-corrected chi connectivity index (χ4v) is 0.659. The van der Waals surface area contributed by atoms with Gasteiger partial charge in [-0.25, -0.2) is 0 Å². The topological polar surface area (TPSA) is 0 Å². The van der Waals surface area contributed by atoms with Crippen molar-refractivity contribution in [2.75, 3.05) is 0 Å². The van der Waals surface area contributed by atoms with Gasteiger partial charge in [-0.3, -0.25) is 0 Å². The van der Waals surface area contributed by atoms with Crippen LogP contribution >= 0.6 is 0 Å². The Bertz CT molecular complexity index is 251. The number of rotatable bonds is 1. The highest BCUT2D eigenvalue weighted by Crippen LogP contribution is 2.08. The third-order valence-electron chi connectivity index (χ3n) is 1.20. The summed E-state index contributed by atoms with van der Waals surface area (Å²) in [5, 5.41) is 0. The van der Waals surface area contributed by atoms with Crippen molar-refractivity contribution in [2.45, 2.75) is 6.92 Å². The van der Waals surface area contributed by atoms with E-state index in [0.717, 1.165) is 11.1 Å². The van der Waals surface area contributed by atoms with E-state index in [4.69, 9.17) is 1.37 Å². The van der Waals surface area contributed by atoms with Gasteiger partial charge < -0.3 is 0 Å². The highest BCUT2D eigenvalue weighted by Gasteiger charge is 1.86. The molecule has 0 aliphatic heterocycles. The summed E-state index contributed by atoms with van der Waals surface area (Å²) in [6.45, 7) is 5.72. The first-order valence-electron chi connectivity index (χ1n) is 3.42. The largest absolute Gasteiger partial charge is 0.0955 e. The zero-order chi connectivity index (χ0) is 7.56. The molecule has 0 nitrogen and oxygen atoms in total. The molecule has 0 aliphatic carbocycles. The van der Waals surface area contributed by atoms with Crippen LogP contribution in [0.5, 0.6) is 0 Å². The van der Waals surface area contributed by atoms with Crippen LogP contribution in [0.3, 0.4) is 0 Å². The van der Waals surface area contributed by atoms with E-state index in [1.165, 1.54) is 0 Å². The summed E-state index contributed by atoms with van der Waals surface area (Å²) in [5.41, 5.74) is 2.06. The fourth-order valence-electron chi connectivity index (χ4n) is 0.659. The number of allylic oxidation sites excluding steroid dienone is 1. The third kappa shape index (κ3) is 1.43. The zero-order valence-electron chi connectivity index (χ0n) is 6.52. The maximum atomic E-state index is 7.29. The molecule has 0 aromatic heterocycles. The van der Waals surface area contributed by atoms with Crippen molar-refractivity contribution in [3.05, 3.63) is 42.5 Å². The molecule has 0 heterocycles. The number of hydrogen-bond acceptors (Lipinski definition) is 0. The molecule has 46 valence electrons. The van der Waals surface area contributed by atoms with E-state index in [9.17, 15) is 0 Å². The second-order valence-corrected chi connectivity index (χ2v) is 2.07. The predicted octanol–water partition coefficient (Wildman–Crippen LogP) is 2.72. The molecule has 0 spiro atoms. The van der Waals surface area contributed by atoms with E-state index >= 15 is 0 Å². The van der Waals surface area contributed by atoms with E-state index in [2.05, 4.69) is 6.58 Å². The molecule has 1 aromatic rings. The van der Waals surface area contributed by atoms with E-state index < -0.39 is 0 Å². The monoisotopic (exact) mass is 119 g/mol. The Morgan fingerprint density at radius 3 is 2.78 bits per heavy atom. The van der Waals surface area contributed by atoms with Crippen molar-refractivity contribution in [2.24, 2.45) is 0 Å². The van der Waals surface area contributed by atoms with E-state index in [1.54, 1.807) is 6.07 Å². The van der Waals surface area contributed by atoms with Crippen LogP contribution in [0.2, 0.25) is 0 Å². The van der Waals surface area contributed by atoms with Crippen LogP contribution in [0, 0.1) is 0 Å². The van der Waals surface area contributed by atoms with Gasteiger partial charge in [0.1, 0.15) is 0 Å². The van der Waals surface area contributed by atoms with Gasteiger partial charge in [0.25, 0.3) is 0 Å². The minimum absolute atomic E-state index is 0.542. The van der Waals surface area contributed by atoms with Crippen molar-refractivity contribution < 1.29 is 1.37 Å². The van der Waals surface area contributed by atoms with Gasteiger partial charge in [-0.05, 0) is 12.5 Å². The van der Waals surface area contributed by atoms with Gasteiger partial charge in [-0.15, -0.1) is 0 Å². The molecule has 0 N–H and O–H groups in total. The highest BCUT2D eigenvalue weighted by atomic mass is 13.9. The van der Waals surface area contributed by atoms with Crippen molar-refractivity contribution >= 4 is 5.57 Å². The fraction of sp³-hybridized carbons (Fsp3) is 0.111. The lowest BCUT2D eigenvalue weighted by atomic mass is 10.1. The molecule has 0 heteroatoms. The summed E-state index contributed by atoms with van der Waals surface area (Å²) < 4.78 is 7.29. The van der Waals surface area contributed by atoms with Gasteiger partial charge in [-0.1, -0.05) is 42.5 Å². The third-order valence-corrected chi connectivity index (χ3v) is 1.20. The Balaban J connectivity index is 3.07. The minimum Gasteiger partial charge on any atom is -0.0955 e. The van der Waals surface area contributed by atoms with Crippen LogP contribution in [0.25, 0.3) is 5.57 Å². The molecule has 0 fully saturated rings. The zero-order valence-corrected chi connectivity index (χ0v) is 5.52. The molecule has 0 saturated heterocycles. The van der Waals surface area contributed by atoms with Crippen LogP contribution in [0.1, 0.15) is 13.9 Å². The Morgan fingerprint density at radius 2 is 2.33 bits per heavy atom. The molecule has 0 saturated carbocycles. The Kier molecular flexibility index (Phi) is 1.33. The Hall–Kier alpha value is -1.04. The summed E-state index contributed by atoms with van der Waals surface area (Å²) in [5.74, 6) is 0. The lowest BCUT2D eigenvalue weighted by Gasteiger charge is -1.94. The molecular weight excluding hydrogens is 108 g/mol. The lowest BCUT2D eigenvalue weighted by molar-refractivity contribution is 1.58. The maximum absolute atomic E-state index is 7.29. The van der Waals surface area contributed by atoms with Gasteiger partial charge in [-0.2, -0.15) is 0 Å². The highest BCUT2D eigenvalue weighted by molar-refractivity contribution is 5.60. The van der Waals surface area contributed by atoms with Crippen molar-refractivity contribution in [1.29, 1.82) is 0 Å². The van der Waals surface area contributed by atoms with Crippen molar-refractivity contribution in [3.63, 3.8) is 0 Å². The van der Waals surface area contributed by atoms with Crippen molar-refractivity contribution in [1.82, 2.24) is 0 Å². The predicted molar refractivity (Wildman–Crippen MR) is 41.2 cm³/mol. The second kappa shape index (κ2) is 2.49. The Morgan fingerprint density at radius 1 is 1.56 bits per heavy atom. The van der Waals surface area contributed by atoms with Crippen LogP contribution in [0.4, 0.5) is 0 Å². The number of hydrogen-bond donors (Lipinski definition) is 0. The van der Waals surface area contributed by atoms with Gasteiger partial charge in [0.15, 0.2) is 0 Å². The first kappa shape index (κ1) is 4.80. The van der Waals surface area contributed by atoms with Gasteiger partial charge in [0.2, 0.25) is 0 Å². The van der Waals surface area contributed by atoms with Crippen LogP contribution in [-0.4, -0.2) is 0 Å². The minimum atomic E-state index is 0.542. The standard InChI is InChI=1S/C9H10/c1-8(2)9-6-4-3-5-7-9/h3-7H,1H2,2H3/i4D. The van der Waals surface area contributed by atoms with E-state index in [1.807, 2.05) is 25.1 Å². The summed E-state index contributed by atoms with van der Waals surface area (Å²) in [6.07, 6.45) is 0. The van der Waals surface area contributed by atoms with Gasteiger partial charge in [0.05, 0.1) is 1.37 Å². The first-order valence-corrected chi connectivity index (χ1v) is 2.92. The maximum Gasteiger partial charge on any atom is 0.0623 e. The van der Waals surface area contributed by atoms with Crippen LogP contribution in [0.15, 0.2) is 36.9 Å². The summed E-state index contributed by atoms with van der Waals surface area (Å²) in [7, 11) is 0. The average molecular weight is 119 g/mol. The summed E-state index contributed by atoms with van der Waals surface area (Å²) in [6, 6.07) is 7.93. The van der Waals surface area contributed by atoms with E-state index in [0.29, 0.717) is 6.04 Å². The summed E-state index contributed by atoms with van der Waals surface area (Å²) in [4.78, 5) is 0. The first-order chi connectivity index (χ1) is 4.70. The molecule has 1 aromatic carbocycles. The molecular formula is C9H10. The average Bonchev–Trinajstić information content (AvgIpc) is 1.88. The molecule has 0 radical (unpaired) electrons. The molecule has 0 bridgehead atoms. The normalized spacial score (nSPS) is 10.6. The van der Waals surface area contributed by atoms with Gasteiger partial charge in [0, 0.05) is 0 Å². The lowest BCUT2D eigenvalue weighted by Crippen LogP contribution is -1.72. The Labute approximate surface area is 57.2 Å². The van der Waals surface area contributed by atoms with E-state index in [-0.39, 0.29) is 0 Å². The molecule has 0 unspecified atom stereocenters. The smallest absolute Gasteiger partial charge is 0.0623 e. The molecule has 9 heavy (non-hydrogen) atoms. The summed E-state index contributed by atoms with van der Waals surface area (Å²) >= 11 is 0. The second-order valence-electron chi connectivity index (χ2n) is 2.07.